The number of hydrogen-bond donors (Lipinski definition) is 1. The molecule has 1 aromatic heterocycles. The zero-order valence-corrected chi connectivity index (χ0v) is 10.00. The van der Waals surface area contributed by atoms with Gasteiger partial charge in [0.05, 0.1) is 11.4 Å². The van der Waals surface area contributed by atoms with E-state index in [1.165, 1.54) is 6.42 Å². The molecule has 0 atom stereocenters. The van der Waals surface area contributed by atoms with Crippen LogP contribution in [0, 0.1) is 0 Å². The summed E-state index contributed by atoms with van der Waals surface area (Å²) in [5.41, 5.74) is 4.59. The molecule has 1 aromatic rings. The highest BCUT2D eigenvalue weighted by atomic mass is 32.1. The van der Waals surface area contributed by atoms with E-state index in [-0.39, 0.29) is 0 Å². The minimum atomic E-state index is 0.696. The first kappa shape index (κ1) is 11.0. The monoisotopic (exact) mass is 234 g/mol. The molecule has 1 aliphatic rings. The SMILES string of the molecule is C/C(=N/NC(=S)N1CCC1)c1ccccn1. The zero-order valence-electron chi connectivity index (χ0n) is 9.18. The molecule has 0 unspecified atom stereocenters. The van der Waals surface area contributed by atoms with E-state index in [1.807, 2.05) is 25.1 Å². The maximum atomic E-state index is 5.18. The highest BCUT2D eigenvalue weighted by molar-refractivity contribution is 7.80. The molecule has 0 radical (unpaired) electrons. The van der Waals surface area contributed by atoms with Gasteiger partial charge in [0.25, 0.3) is 0 Å². The summed E-state index contributed by atoms with van der Waals surface area (Å²) in [6, 6.07) is 5.75. The Kier molecular flexibility index (Phi) is 3.46. The Hall–Kier alpha value is -1.49. The third-order valence-electron chi connectivity index (χ3n) is 2.50. The van der Waals surface area contributed by atoms with Crippen LogP contribution in [-0.4, -0.2) is 33.8 Å². The van der Waals surface area contributed by atoms with Crippen molar-refractivity contribution in [2.75, 3.05) is 13.1 Å². The van der Waals surface area contributed by atoms with Gasteiger partial charge in [-0.15, -0.1) is 0 Å². The van der Waals surface area contributed by atoms with Crippen molar-refractivity contribution in [1.29, 1.82) is 0 Å². The zero-order chi connectivity index (χ0) is 11.4. The normalized spacial score (nSPS) is 15.6. The fourth-order valence-electron chi connectivity index (χ4n) is 1.36. The largest absolute Gasteiger partial charge is 0.348 e. The lowest BCUT2D eigenvalue weighted by molar-refractivity contribution is 0.296. The summed E-state index contributed by atoms with van der Waals surface area (Å²) in [6.07, 6.45) is 2.97. The van der Waals surface area contributed by atoms with Crippen LogP contribution in [0.2, 0.25) is 0 Å². The van der Waals surface area contributed by atoms with Crippen LogP contribution in [0.25, 0.3) is 0 Å². The number of rotatable bonds is 2. The molecular formula is C11H14N4S. The Bertz CT molecular complexity index is 398. The van der Waals surface area contributed by atoms with E-state index in [2.05, 4.69) is 20.4 Å². The van der Waals surface area contributed by atoms with E-state index >= 15 is 0 Å². The van der Waals surface area contributed by atoms with Gasteiger partial charge in [0.1, 0.15) is 0 Å². The summed E-state index contributed by atoms with van der Waals surface area (Å²) in [7, 11) is 0. The highest BCUT2D eigenvalue weighted by Crippen LogP contribution is 2.05. The summed E-state index contributed by atoms with van der Waals surface area (Å²) in [4.78, 5) is 6.30. The minimum absolute atomic E-state index is 0.696. The Balaban J connectivity index is 1.94. The Morgan fingerprint density at radius 2 is 2.31 bits per heavy atom. The maximum absolute atomic E-state index is 5.18. The van der Waals surface area contributed by atoms with Gasteiger partial charge in [-0.1, -0.05) is 6.07 Å². The molecule has 2 rings (SSSR count). The molecule has 1 saturated heterocycles. The molecule has 4 nitrogen and oxygen atoms in total. The number of hydrazone groups is 1. The van der Waals surface area contributed by atoms with Crippen molar-refractivity contribution in [1.82, 2.24) is 15.3 Å². The van der Waals surface area contributed by atoms with Gasteiger partial charge in [-0.3, -0.25) is 10.4 Å². The van der Waals surface area contributed by atoms with Crippen LogP contribution in [0.1, 0.15) is 19.0 Å². The fraction of sp³-hybridized carbons (Fsp3) is 0.364. The summed E-state index contributed by atoms with van der Waals surface area (Å²) >= 11 is 5.18. The predicted molar refractivity (Wildman–Crippen MR) is 68.4 cm³/mol. The second-order valence-electron chi connectivity index (χ2n) is 3.67. The average molecular weight is 234 g/mol. The van der Waals surface area contributed by atoms with Crippen LogP contribution in [0.15, 0.2) is 29.5 Å². The van der Waals surface area contributed by atoms with Gasteiger partial charge in [-0.25, -0.2) is 0 Å². The topological polar surface area (TPSA) is 40.5 Å². The van der Waals surface area contributed by atoms with E-state index in [0.717, 1.165) is 24.5 Å². The fourth-order valence-corrected chi connectivity index (χ4v) is 1.58. The van der Waals surface area contributed by atoms with E-state index < -0.39 is 0 Å². The number of nitrogens with one attached hydrogen (secondary N) is 1. The van der Waals surface area contributed by atoms with E-state index in [9.17, 15) is 0 Å². The molecule has 0 spiro atoms. The van der Waals surface area contributed by atoms with Crippen LogP contribution in [0.5, 0.6) is 0 Å². The molecule has 0 bridgehead atoms. The molecule has 0 aromatic carbocycles. The Labute approximate surface area is 100 Å². The lowest BCUT2D eigenvalue weighted by Crippen LogP contribution is -2.46. The first-order chi connectivity index (χ1) is 7.77. The average Bonchev–Trinajstić information content (AvgIpc) is 2.25. The molecule has 84 valence electrons. The van der Waals surface area contributed by atoms with Crippen molar-refractivity contribution in [3.8, 4) is 0 Å². The molecule has 2 heterocycles. The van der Waals surface area contributed by atoms with Crippen LogP contribution >= 0.6 is 12.2 Å². The van der Waals surface area contributed by atoms with Gasteiger partial charge in [-0.2, -0.15) is 5.10 Å². The lowest BCUT2D eigenvalue weighted by atomic mass is 10.2. The molecule has 0 amide bonds. The second-order valence-corrected chi connectivity index (χ2v) is 4.06. The van der Waals surface area contributed by atoms with Crippen molar-refractivity contribution < 1.29 is 0 Å². The number of likely N-dealkylation sites (tertiary alicyclic amines) is 1. The smallest absolute Gasteiger partial charge is 0.189 e. The van der Waals surface area contributed by atoms with Crippen LogP contribution in [0.3, 0.4) is 0 Å². The van der Waals surface area contributed by atoms with Gasteiger partial charge in [0.15, 0.2) is 5.11 Å². The number of aromatic nitrogens is 1. The lowest BCUT2D eigenvalue weighted by Gasteiger charge is -2.32. The molecular weight excluding hydrogens is 220 g/mol. The standard InChI is InChI=1S/C11H14N4S/c1-9(10-5-2-3-6-12-10)13-14-11(16)15-7-4-8-15/h2-3,5-6H,4,7-8H2,1H3,(H,14,16)/b13-9-. The van der Waals surface area contributed by atoms with Gasteiger partial charge in [0, 0.05) is 19.3 Å². The first-order valence-electron chi connectivity index (χ1n) is 5.28. The van der Waals surface area contributed by atoms with Gasteiger partial charge >= 0.3 is 0 Å². The summed E-state index contributed by atoms with van der Waals surface area (Å²) in [6.45, 7) is 3.97. The second kappa shape index (κ2) is 5.03. The van der Waals surface area contributed by atoms with Crippen molar-refractivity contribution in [2.24, 2.45) is 5.10 Å². The van der Waals surface area contributed by atoms with Crippen LogP contribution < -0.4 is 5.43 Å². The molecule has 0 saturated carbocycles. The summed E-state index contributed by atoms with van der Waals surface area (Å²) < 4.78 is 0. The van der Waals surface area contributed by atoms with Gasteiger partial charge in [-0.05, 0) is 37.7 Å². The highest BCUT2D eigenvalue weighted by Gasteiger charge is 2.16. The Morgan fingerprint density at radius 1 is 1.50 bits per heavy atom. The van der Waals surface area contributed by atoms with Gasteiger partial charge in [0.2, 0.25) is 0 Å². The summed E-state index contributed by atoms with van der Waals surface area (Å²) in [5, 5.41) is 4.91. The third kappa shape index (κ3) is 2.55. The third-order valence-corrected chi connectivity index (χ3v) is 2.85. The van der Waals surface area contributed by atoms with Crippen molar-refractivity contribution >= 4 is 23.0 Å². The van der Waals surface area contributed by atoms with Gasteiger partial charge < -0.3 is 4.90 Å². The molecule has 1 aliphatic heterocycles. The van der Waals surface area contributed by atoms with Crippen molar-refractivity contribution in [3.05, 3.63) is 30.1 Å². The van der Waals surface area contributed by atoms with E-state index in [0.29, 0.717) is 5.11 Å². The van der Waals surface area contributed by atoms with E-state index in [1.54, 1.807) is 6.20 Å². The molecule has 1 fully saturated rings. The summed E-state index contributed by atoms with van der Waals surface area (Å²) in [5.74, 6) is 0. The Morgan fingerprint density at radius 3 is 2.88 bits per heavy atom. The van der Waals surface area contributed by atoms with E-state index in [4.69, 9.17) is 12.2 Å². The predicted octanol–water partition coefficient (Wildman–Crippen LogP) is 1.39. The van der Waals surface area contributed by atoms with Crippen molar-refractivity contribution in [3.63, 3.8) is 0 Å². The number of nitrogens with zero attached hydrogens (tertiary/aromatic N) is 3. The quantitative estimate of drug-likeness (QED) is 0.477. The van der Waals surface area contributed by atoms with Crippen LogP contribution in [-0.2, 0) is 0 Å². The number of thiocarbonyl (C=S) groups is 1. The maximum Gasteiger partial charge on any atom is 0.189 e. The van der Waals surface area contributed by atoms with Crippen molar-refractivity contribution in [2.45, 2.75) is 13.3 Å². The molecule has 1 N–H and O–H groups in total. The number of pyridine rings is 1. The first-order valence-corrected chi connectivity index (χ1v) is 5.69. The molecule has 16 heavy (non-hydrogen) atoms. The number of hydrogen-bond acceptors (Lipinski definition) is 3. The minimum Gasteiger partial charge on any atom is -0.348 e. The molecule has 5 heteroatoms. The molecule has 0 aliphatic carbocycles. The van der Waals surface area contributed by atoms with Crippen LogP contribution in [0.4, 0.5) is 0 Å².